The number of morpholine rings is 1. The van der Waals surface area contributed by atoms with Gasteiger partial charge in [-0.1, -0.05) is 57.8 Å². The van der Waals surface area contributed by atoms with Gasteiger partial charge in [0.15, 0.2) is 23.4 Å². The zero-order chi connectivity index (χ0) is 54.4. The van der Waals surface area contributed by atoms with Crippen LogP contribution in [0.25, 0.3) is 0 Å². The number of nitrogens with zero attached hydrogens (tertiary/aromatic N) is 4. The summed E-state index contributed by atoms with van der Waals surface area (Å²) >= 11 is 14.9. The van der Waals surface area contributed by atoms with Crippen molar-refractivity contribution in [3.8, 4) is 11.5 Å². The average molecular weight is 1110 g/mol. The van der Waals surface area contributed by atoms with E-state index in [9.17, 15) is 14.4 Å². The summed E-state index contributed by atoms with van der Waals surface area (Å²) in [5.74, 6) is -2.10. The molecule has 0 bridgehead atoms. The molecular weight excluding hydrogens is 1020 g/mol. The number of methoxy groups -OCH3 is 2. The number of esters is 2. The first-order chi connectivity index (χ1) is 35.7. The van der Waals surface area contributed by atoms with E-state index in [0.29, 0.717) is 97.9 Å². The van der Waals surface area contributed by atoms with Crippen LogP contribution in [0.3, 0.4) is 0 Å². The standard InChI is InChI=1S/C56H82Cl2N4O12S/c1-12-46-56(8)48(50(53(65)74-56)75-24-21-62(32-41-42(57)30-59-31-43(41)58)38-17-18-44(67-10)45(27-38)71-40-15-13-14-16-40)37(6)49(63)35(4)29-55(7,68-11)51(33(2)25-34(3)52(64)72-46)73-47-28-39(26-36(5)70-47)60(9)54(66)61-19-22-69-23-20-61/h17-18,27,30-31,33-37,39-40,46-48,50-51H,12-16,19-26,28-29,32H2,1-11H3/t33-,34+,35+,36+,37?,39-,46+,47?,48-,50?,51+,55+,56+/m0/s1. The van der Waals surface area contributed by atoms with Crippen molar-refractivity contribution in [2.24, 2.45) is 29.6 Å². The van der Waals surface area contributed by atoms with E-state index < -0.39 is 70.6 Å². The molecule has 0 radical (unpaired) electrons. The molecule has 75 heavy (non-hydrogen) atoms. The summed E-state index contributed by atoms with van der Waals surface area (Å²) in [6.07, 6.45) is 7.03. The number of fused-ring (bicyclic) bond motifs is 1. The third kappa shape index (κ3) is 13.6. The maximum atomic E-state index is 15.2. The molecule has 0 spiro atoms. The summed E-state index contributed by atoms with van der Waals surface area (Å²) in [7, 11) is 5.09. The number of urea groups is 1. The Balaban J connectivity index is 1.15. The normalized spacial score (nSPS) is 33.3. The van der Waals surface area contributed by atoms with Crippen molar-refractivity contribution in [1.29, 1.82) is 0 Å². The molecular formula is C56H82Cl2N4O12S. The van der Waals surface area contributed by atoms with Gasteiger partial charge in [-0.2, -0.15) is 0 Å². The molecule has 5 fully saturated rings. The van der Waals surface area contributed by atoms with Crippen LogP contribution in [0.5, 0.6) is 11.5 Å². The predicted octanol–water partition coefficient (Wildman–Crippen LogP) is 10.1. The van der Waals surface area contributed by atoms with Gasteiger partial charge in [0.25, 0.3) is 0 Å². The molecule has 1 aliphatic carbocycles. The lowest BCUT2D eigenvalue weighted by atomic mass is 9.70. The number of benzene rings is 1. The molecule has 418 valence electrons. The van der Waals surface area contributed by atoms with Crippen LogP contribution >= 0.6 is 35.0 Å². The molecule has 1 saturated carbocycles. The van der Waals surface area contributed by atoms with E-state index in [2.05, 4.69) is 9.88 Å². The van der Waals surface area contributed by atoms with E-state index in [1.807, 2.05) is 85.5 Å². The molecule has 13 atom stereocenters. The Hall–Kier alpha value is -3.58. The van der Waals surface area contributed by atoms with Gasteiger partial charge in [-0.3, -0.25) is 19.4 Å². The predicted molar refractivity (Wildman–Crippen MR) is 290 cm³/mol. The summed E-state index contributed by atoms with van der Waals surface area (Å²) in [6.45, 7) is 18.2. The maximum Gasteiger partial charge on any atom is 0.320 e. The van der Waals surface area contributed by atoms with Crippen LogP contribution in [0.2, 0.25) is 10.0 Å². The van der Waals surface area contributed by atoms with Gasteiger partial charge in [-0.25, -0.2) is 4.79 Å². The Morgan fingerprint density at radius 3 is 2.28 bits per heavy atom. The fourth-order valence-electron chi connectivity index (χ4n) is 12.5. The molecule has 16 nitrogen and oxygen atoms in total. The maximum absolute atomic E-state index is 15.2. The molecule has 2 aromatic rings. The molecule has 4 saturated heterocycles. The van der Waals surface area contributed by atoms with Crippen LogP contribution in [0.15, 0.2) is 30.6 Å². The van der Waals surface area contributed by atoms with E-state index in [0.717, 1.165) is 31.4 Å². The highest BCUT2D eigenvalue weighted by Crippen LogP contribution is 2.49. The number of pyridine rings is 1. The number of thioether (sulfide) groups is 1. The molecule has 5 heterocycles. The van der Waals surface area contributed by atoms with Gasteiger partial charge in [0.2, 0.25) is 0 Å². The minimum Gasteiger partial charge on any atom is -0.493 e. The van der Waals surface area contributed by atoms with Gasteiger partial charge in [-0.15, -0.1) is 11.8 Å². The van der Waals surface area contributed by atoms with Crippen LogP contribution < -0.4 is 14.4 Å². The number of hydrogen-bond donors (Lipinski definition) is 0. The van der Waals surface area contributed by atoms with E-state index in [-0.39, 0.29) is 42.4 Å². The minimum atomic E-state index is -1.33. The second kappa shape index (κ2) is 25.9. The number of halogens is 2. The highest BCUT2D eigenvalue weighted by Gasteiger charge is 2.61. The van der Waals surface area contributed by atoms with Crippen molar-refractivity contribution >= 4 is 64.4 Å². The SMILES string of the molecule is CC[C@H]1OC(=O)[C@H](C)C[C@H](C)[C@@H](OC2C[C@@H](N(C)C(=O)N3CCOCC3)C[C@@H](C)O2)[C@](C)(OC)C[C@@H](C)C(=O)C(C)[C@H]2C(SCCN(Cc3c(Cl)cncc3Cl)c3ccc(OC)c(OC4CCCC4)c3)C(=O)O[C@@]21C. The van der Waals surface area contributed by atoms with Crippen molar-refractivity contribution in [2.45, 2.75) is 173 Å². The number of carbonyl (C=O) groups is 4. The lowest BCUT2D eigenvalue weighted by Crippen LogP contribution is -2.56. The number of amides is 2. The smallest absolute Gasteiger partial charge is 0.320 e. The van der Waals surface area contributed by atoms with Gasteiger partial charge < -0.3 is 52.6 Å². The Morgan fingerprint density at radius 1 is 0.933 bits per heavy atom. The number of anilines is 1. The summed E-state index contributed by atoms with van der Waals surface area (Å²) < 4.78 is 50.6. The molecule has 5 aliphatic rings. The van der Waals surface area contributed by atoms with Crippen molar-refractivity contribution in [3.63, 3.8) is 0 Å². The van der Waals surface area contributed by atoms with Crippen LogP contribution in [0.1, 0.15) is 119 Å². The van der Waals surface area contributed by atoms with Crippen LogP contribution in [-0.4, -0.2) is 152 Å². The monoisotopic (exact) mass is 1100 g/mol. The number of Topliss-reactive ketones (excluding diaryl/α,β-unsaturated/α-hetero) is 1. The molecule has 1 aromatic heterocycles. The molecule has 3 unspecified atom stereocenters. The Labute approximate surface area is 459 Å². The summed E-state index contributed by atoms with van der Waals surface area (Å²) in [4.78, 5) is 67.7. The van der Waals surface area contributed by atoms with Gasteiger partial charge in [0.1, 0.15) is 17.1 Å². The van der Waals surface area contributed by atoms with Gasteiger partial charge >= 0.3 is 18.0 Å². The molecule has 1 aromatic carbocycles. The topological polar surface area (TPSA) is 165 Å². The molecule has 4 aliphatic heterocycles. The molecule has 7 rings (SSSR count). The van der Waals surface area contributed by atoms with Gasteiger partial charge in [0.05, 0.1) is 60.2 Å². The van der Waals surface area contributed by atoms with Gasteiger partial charge in [0, 0.05) is 106 Å². The quantitative estimate of drug-likeness (QED) is 0.155. The molecule has 0 N–H and O–H groups in total. The van der Waals surface area contributed by atoms with Gasteiger partial charge in [-0.05, 0) is 90.2 Å². The molecule has 19 heteroatoms. The first kappa shape index (κ1) is 59.1. The van der Waals surface area contributed by atoms with E-state index in [1.165, 1.54) is 11.8 Å². The van der Waals surface area contributed by atoms with Crippen molar-refractivity contribution in [2.75, 3.05) is 64.8 Å². The van der Waals surface area contributed by atoms with Crippen LogP contribution in [0.4, 0.5) is 10.5 Å². The Morgan fingerprint density at radius 2 is 1.63 bits per heavy atom. The second-order valence-electron chi connectivity index (χ2n) is 22.1. The zero-order valence-electron chi connectivity index (χ0n) is 46.0. The number of carbonyl (C=O) groups excluding carboxylic acids is 4. The second-order valence-corrected chi connectivity index (χ2v) is 24.2. The molecule has 2 amide bonds. The number of aromatic nitrogens is 1. The minimum absolute atomic E-state index is 0.0552. The fourth-order valence-corrected chi connectivity index (χ4v) is 14.4. The summed E-state index contributed by atoms with van der Waals surface area (Å²) in [5, 5.41) is 0.0536. The van der Waals surface area contributed by atoms with Crippen molar-refractivity contribution in [1.82, 2.24) is 14.8 Å². The fraction of sp³-hybridized carbons (Fsp3) is 0.732. The third-order valence-corrected chi connectivity index (χ3v) is 18.6. The first-order valence-electron chi connectivity index (χ1n) is 27.1. The Bertz CT molecular complexity index is 2270. The number of rotatable bonds is 15. The van der Waals surface area contributed by atoms with E-state index in [1.54, 1.807) is 31.5 Å². The number of ether oxygens (including phenoxy) is 8. The number of ketones is 1. The lowest BCUT2D eigenvalue weighted by Gasteiger charge is -2.46. The van der Waals surface area contributed by atoms with E-state index >= 15 is 4.79 Å². The lowest BCUT2D eigenvalue weighted by molar-refractivity contribution is -0.264. The number of cyclic esters (lactones) is 1. The van der Waals surface area contributed by atoms with Crippen LogP contribution in [-0.2, 0) is 49.3 Å². The summed E-state index contributed by atoms with van der Waals surface area (Å²) in [6, 6.07) is 5.62. The Kier molecular flexibility index (Phi) is 20.4. The highest BCUT2D eigenvalue weighted by molar-refractivity contribution is 8.00. The number of hydrogen-bond acceptors (Lipinski definition) is 15. The highest BCUT2D eigenvalue weighted by atomic mass is 35.5. The van der Waals surface area contributed by atoms with E-state index in [4.69, 9.17) is 61.1 Å². The largest absolute Gasteiger partial charge is 0.493 e. The average Bonchev–Trinajstić information content (AvgIpc) is 4.00. The summed E-state index contributed by atoms with van der Waals surface area (Å²) in [5.41, 5.74) is -0.847. The first-order valence-corrected chi connectivity index (χ1v) is 28.9. The zero-order valence-corrected chi connectivity index (χ0v) is 48.3. The van der Waals surface area contributed by atoms with Crippen molar-refractivity contribution in [3.05, 3.63) is 46.2 Å². The third-order valence-electron chi connectivity index (χ3n) is 16.7. The van der Waals surface area contributed by atoms with Crippen molar-refractivity contribution < 1.29 is 57.1 Å². The van der Waals surface area contributed by atoms with Crippen LogP contribution in [0, 0.1) is 29.6 Å².